The van der Waals surface area contributed by atoms with Crippen LogP contribution in [0.25, 0.3) is 0 Å². The van der Waals surface area contributed by atoms with Crippen molar-refractivity contribution in [3.63, 3.8) is 0 Å². The predicted octanol–water partition coefficient (Wildman–Crippen LogP) is 3.97. The van der Waals surface area contributed by atoms with Gasteiger partial charge in [-0.2, -0.15) is 5.26 Å². The summed E-state index contributed by atoms with van der Waals surface area (Å²) in [5, 5.41) is 12.6. The largest absolute Gasteiger partial charge is 0.355 e. The molecule has 2 unspecified atom stereocenters. The van der Waals surface area contributed by atoms with Crippen LogP contribution in [-0.4, -0.2) is 22.7 Å². The number of nitrogens with zero attached hydrogens (tertiary/aromatic N) is 2. The summed E-state index contributed by atoms with van der Waals surface area (Å²) in [7, 11) is 0. The zero-order chi connectivity index (χ0) is 18.4. The molecule has 1 amide bonds. The van der Waals surface area contributed by atoms with Gasteiger partial charge in [0.25, 0.3) is 0 Å². The lowest BCUT2D eigenvalue weighted by atomic mass is 10.0. The Hall–Kier alpha value is -2.32. The summed E-state index contributed by atoms with van der Waals surface area (Å²) in [5.41, 5.74) is 3.49. The van der Waals surface area contributed by atoms with E-state index in [-0.39, 0.29) is 17.1 Å². The van der Waals surface area contributed by atoms with Gasteiger partial charge in [-0.3, -0.25) is 4.79 Å². The van der Waals surface area contributed by atoms with Crippen molar-refractivity contribution >= 4 is 17.7 Å². The Morgan fingerprint density at radius 3 is 2.60 bits per heavy atom. The molecule has 0 saturated carbocycles. The molecule has 1 N–H and O–H groups in total. The van der Waals surface area contributed by atoms with Gasteiger partial charge < -0.3 is 5.32 Å². The first-order chi connectivity index (χ1) is 11.9. The van der Waals surface area contributed by atoms with E-state index in [0.717, 1.165) is 11.3 Å². The maximum absolute atomic E-state index is 12.4. The second-order valence-corrected chi connectivity index (χ2v) is 7.52. The van der Waals surface area contributed by atoms with Crippen LogP contribution in [0.2, 0.25) is 0 Å². The van der Waals surface area contributed by atoms with Crippen LogP contribution in [0.3, 0.4) is 0 Å². The number of hydrogen-bond donors (Lipinski definition) is 1. The molecule has 0 fully saturated rings. The van der Waals surface area contributed by atoms with Crippen molar-refractivity contribution in [1.29, 1.82) is 5.26 Å². The minimum absolute atomic E-state index is 0.0439. The fourth-order valence-corrected chi connectivity index (χ4v) is 3.59. The van der Waals surface area contributed by atoms with Gasteiger partial charge in [0.2, 0.25) is 5.91 Å². The summed E-state index contributed by atoms with van der Waals surface area (Å²) in [6, 6.07) is 14.2. The van der Waals surface area contributed by atoms with Crippen molar-refractivity contribution in [1.82, 2.24) is 10.3 Å². The zero-order valence-corrected chi connectivity index (χ0v) is 15.9. The van der Waals surface area contributed by atoms with Crippen molar-refractivity contribution in [2.45, 2.75) is 43.9 Å². The van der Waals surface area contributed by atoms with Gasteiger partial charge in [0.05, 0.1) is 10.8 Å². The smallest absolute Gasteiger partial charge is 0.233 e. The quantitative estimate of drug-likeness (QED) is 0.798. The minimum Gasteiger partial charge on any atom is -0.355 e. The van der Waals surface area contributed by atoms with Crippen LogP contribution in [0, 0.1) is 25.2 Å². The van der Waals surface area contributed by atoms with Gasteiger partial charge in [-0.15, -0.1) is 0 Å². The second kappa shape index (κ2) is 8.68. The normalized spacial score (nSPS) is 12.9. The van der Waals surface area contributed by atoms with Crippen LogP contribution < -0.4 is 5.32 Å². The molecule has 130 valence electrons. The third-order valence-electron chi connectivity index (χ3n) is 4.03. The van der Waals surface area contributed by atoms with Crippen LogP contribution in [0.4, 0.5) is 0 Å². The van der Waals surface area contributed by atoms with Gasteiger partial charge in [-0.25, -0.2) is 4.98 Å². The Kier molecular flexibility index (Phi) is 6.60. The average Bonchev–Trinajstić information content (AvgIpc) is 2.59. The van der Waals surface area contributed by atoms with Crippen LogP contribution in [0.5, 0.6) is 0 Å². The average molecular weight is 353 g/mol. The van der Waals surface area contributed by atoms with Crippen LogP contribution in [-0.2, 0) is 4.79 Å². The predicted molar refractivity (Wildman–Crippen MR) is 102 cm³/mol. The molecule has 4 nitrogen and oxygen atoms in total. The molecule has 0 saturated heterocycles. The fraction of sp³-hybridized carbons (Fsp3) is 0.350. The number of rotatable bonds is 6. The van der Waals surface area contributed by atoms with Crippen molar-refractivity contribution in [3.8, 4) is 6.07 Å². The van der Waals surface area contributed by atoms with E-state index >= 15 is 0 Å². The Bertz CT molecular complexity index is 784. The molecule has 0 spiro atoms. The molecular weight excluding hydrogens is 330 g/mol. The molecule has 0 aliphatic heterocycles. The highest BCUT2D eigenvalue weighted by Gasteiger charge is 2.19. The lowest BCUT2D eigenvalue weighted by Gasteiger charge is -2.16. The van der Waals surface area contributed by atoms with E-state index in [1.807, 2.05) is 45.0 Å². The third kappa shape index (κ3) is 5.07. The number of hydrogen-bond acceptors (Lipinski definition) is 4. The Labute approximate surface area is 153 Å². The Morgan fingerprint density at radius 1 is 1.28 bits per heavy atom. The number of nitrogens with one attached hydrogen (secondary N) is 1. The van der Waals surface area contributed by atoms with Gasteiger partial charge in [-0.1, -0.05) is 49.0 Å². The molecule has 5 heteroatoms. The minimum atomic E-state index is -0.316. The number of benzene rings is 1. The molecule has 1 aromatic carbocycles. The molecule has 0 radical (unpaired) electrons. The first-order valence-corrected chi connectivity index (χ1v) is 9.18. The number of carbonyl (C=O) groups is 1. The lowest BCUT2D eigenvalue weighted by Crippen LogP contribution is -2.33. The summed E-state index contributed by atoms with van der Waals surface area (Å²) in [6.07, 6.45) is 0. The topological polar surface area (TPSA) is 65.8 Å². The summed E-state index contributed by atoms with van der Waals surface area (Å²) in [6.45, 7) is 8.30. The van der Waals surface area contributed by atoms with E-state index in [1.165, 1.54) is 17.3 Å². The maximum Gasteiger partial charge on any atom is 0.233 e. The van der Waals surface area contributed by atoms with Gasteiger partial charge in [0.15, 0.2) is 0 Å². The number of nitriles is 1. The van der Waals surface area contributed by atoms with E-state index < -0.39 is 0 Å². The highest BCUT2D eigenvalue weighted by atomic mass is 32.2. The first kappa shape index (κ1) is 19.0. The SMILES string of the molecule is Cc1cc(C)c(C#N)c(SC(C)C(=O)NCC(C)c2ccccc2)n1. The van der Waals surface area contributed by atoms with Crippen molar-refractivity contribution < 1.29 is 4.79 Å². The Balaban J connectivity index is 1.98. The standard InChI is InChI=1S/C20H23N3OS/c1-13-10-15(3)23-20(18(13)11-21)25-16(4)19(24)22-12-14(2)17-8-6-5-7-9-17/h5-10,14,16H,12H2,1-4H3,(H,22,24). The van der Waals surface area contributed by atoms with Gasteiger partial charge in [-0.05, 0) is 43.9 Å². The molecular formula is C20H23N3OS. The van der Waals surface area contributed by atoms with Crippen LogP contribution in [0.1, 0.15) is 42.1 Å². The second-order valence-electron chi connectivity index (χ2n) is 6.19. The van der Waals surface area contributed by atoms with Gasteiger partial charge >= 0.3 is 0 Å². The molecule has 0 aliphatic carbocycles. The fourth-order valence-electron chi connectivity index (χ4n) is 2.54. The number of amides is 1. The molecule has 2 aromatic rings. The van der Waals surface area contributed by atoms with Crippen molar-refractivity contribution in [2.75, 3.05) is 6.54 Å². The molecule has 2 atom stereocenters. The van der Waals surface area contributed by atoms with E-state index in [2.05, 4.69) is 35.4 Å². The van der Waals surface area contributed by atoms with Crippen molar-refractivity contribution in [2.24, 2.45) is 0 Å². The monoisotopic (exact) mass is 353 g/mol. The van der Waals surface area contributed by atoms with Gasteiger partial charge in [0, 0.05) is 12.2 Å². The van der Waals surface area contributed by atoms with Crippen molar-refractivity contribution in [3.05, 3.63) is 58.8 Å². The van der Waals surface area contributed by atoms with Crippen LogP contribution in [0.15, 0.2) is 41.4 Å². The summed E-state index contributed by atoms with van der Waals surface area (Å²) >= 11 is 1.33. The Morgan fingerprint density at radius 2 is 1.96 bits per heavy atom. The number of aryl methyl sites for hydroxylation is 2. The van der Waals surface area contributed by atoms with E-state index in [0.29, 0.717) is 17.1 Å². The van der Waals surface area contributed by atoms with E-state index in [9.17, 15) is 10.1 Å². The maximum atomic E-state index is 12.4. The first-order valence-electron chi connectivity index (χ1n) is 8.30. The van der Waals surface area contributed by atoms with E-state index in [1.54, 1.807) is 0 Å². The number of pyridine rings is 1. The van der Waals surface area contributed by atoms with Crippen LogP contribution >= 0.6 is 11.8 Å². The number of thioether (sulfide) groups is 1. The molecule has 25 heavy (non-hydrogen) atoms. The lowest BCUT2D eigenvalue weighted by molar-refractivity contribution is -0.120. The molecule has 2 rings (SSSR count). The summed E-state index contributed by atoms with van der Waals surface area (Å²) < 4.78 is 0. The summed E-state index contributed by atoms with van der Waals surface area (Å²) in [5.74, 6) is 0.203. The number of aromatic nitrogens is 1. The molecule has 1 heterocycles. The summed E-state index contributed by atoms with van der Waals surface area (Å²) in [4.78, 5) is 16.8. The highest BCUT2D eigenvalue weighted by Crippen LogP contribution is 2.27. The zero-order valence-electron chi connectivity index (χ0n) is 15.0. The molecule has 0 aliphatic rings. The highest BCUT2D eigenvalue weighted by molar-refractivity contribution is 8.00. The van der Waals surface area contributed by atoms with E-state index in [4.69, 9.17) is 0 Å². The number of carbonyl (C=O) groups excluding carboxylic acids is 1. The molecule has 1 aromatic heterocycles. The molecule has 0 bridgehead atoms. The third-order valence-corrected chi connectivity index (χ3v) is 5.12. The van der Waals surface area contributed by atoms with Gasteiger partial charge in [0.1, 0.15) is 11.1 Å².